The SMILES string of the molecule is CCCNC(C)C1(C)CCCCO1. The molecule has 78 valence electrons. The standard InChI is InChI=1S/C11H23NO/c1-4-8-12-10(2)11(3)7-5-6-9-13-11/h10,12H,4-9H2,1-3H3. The Hall–Kier alpha value is -0.0800. The molecular weight excluding hydrogens is 162 g/mol. The summed E-state index contributed by atoms with van der Waals surface area (Å²) < 4.78 is 5.86. The van der Waals surface area contributed by atoms with Crippen LogP contribution in [0.1, 0.15) is 46.5 Å². The molecule has 1 fully saturated rings. The van der Waals surface area contributed by atoms with Crippen LogP contribution in [0.5, 0.6) is 0 Å². The van der Waals surface area contributed by atoms with E-state index in [1.165, 1.54) is 25.7 Å². The van der Waals surface area contributed by atoms with Crippen LogP contribution in [0.3, 0.4) is 0 Å². The lowest BCUT2D eigenvalue weighted by Gasteiger charge is -2.39. The molecule has 1 aliphatic heterocycles. The molecule has 0 bridgehead atoms. The molecule has 1 heterocycles. The summed E-state index contributed by atoms with van der Waals surface area (Å²) in [4.78, 5) is 0. The van der Waals surface area contributed by atoms with Gasteiger partial charge in [-0.15, -0.1) is 0 Å². The van der Waals surface area contributed by atoms with Crippen LogP contribution >= 0.6 is 0 Å². The third-order valence-electron chi connectivity index (χ3n) is 3.12. The minimum Gasteiger partial charge on any atom is -0.374 e. The van der Waals surface area contributed by atoms with Crippen LogP contribution in [0, 0.1) is 0 Å². The van der Waals surface area contributed by atoms with Crippen molar-refractivity contribution in [3.05, 3.63) is 0 Å². The predicted molar refractivity (Wildman–Crippen MR) is 56.0 cm³/mol. The zero-order valence-electron chi connectivity index (χ0n) is 9.23. The van der Waals surface area contributed by atoms with Crippen molar-refractivity contribution < 1.29 is 4.74 Å². The fourth-order valence-electron chi connectivity index (χ4n) is 1.87. The molecule has 0 aliphatic carbocycles. The van der Waals surface area contributed by atoms with E-state index in [1.807, 2.05) is 0 Å². The lowest BCUT2D eigenvalue weighted by atomic mass is 9.89. The van der Waals surface area contributed by atoms with E-state index in [0.29, 0.717) is 6.04 Å². The molecule has 2 nitrogen and oxygen atoms in total. The summed E-state index contributed by atoms with van der Waals surface area (Å²) in [5, 5.41) is 3.52. The van der Waals surface area contributed by atoms with Gasteiger partial charge in [0.1, 0.15) is 0 Å². The molecule has 0 aromatic heterocycles. The van der Waals surface area contributed by atoms with Crippen LogP contribution in [0.15, 0.2) is 0 Å². The van der Waals surface area contributed by atoms with Gasteiger partial charge in [-0.25, -0.2) is 0 Å². The second-order valence-electron chi connectivity index (χ2n) is 4.29. The zero-order valence-corrected chi connectivity index (χ0v) is 9.23. The smallest absolute Gasteiger partial charge is 0.0804 e. The monoisotopic (exact) mass is 185 g/mol. The lowest BCUT2D eigenvalue weighted by molar-refractivity contribution is -0.0846. The van der Waals surface area contributed by atoms with Crippen LogP contribution in [0.25, 0.3) is 0 Å². The summed E-state index contributed by atoms with van der Waals surface area (Å²) in [5.74, 6) is 0. The van der Waals surface area contributed by atoms with Gasteiger partial charge in [-0.05, 0) is 46.1 Å². The van der Waals surface area contributed by atoms with E-state index in [4.69, 9.17) is 4.74 Å². The Morgan fingerprint density at radius 3 is 2.77 bits per heavy atom. The van der Waals surface area contributed by atoms with E-state index < -0.39 is 0 Å². The van der Waals surface area contributed by atoms with Gasteiger partial charge in [0.15, 0.2) is 0 Å². The van der Waals surface area contributed by atoms with Crippen molar-refractivity contribution in [1.29, 1.82) is 0 Å². The molecule has 1 saturated heterocycles. The van der Waals surface area contributed by atoms with Crippen LogP contribution in [0.2, 0.25) is 0 Å². The second-order valence-corrected chi connectivity index (χ2v) is 4.29. The molecule has 1 N–H and O–H groups in total. The molecule has 13 heavy (non-hydrogen) atoms. The van der Waals surface area contributed by atoms with Crippen molar-refractivity contribution in [3.8, 4) is 0 Å². The molecule has 1 aliphatic rings. The third-order valence-corrected chi connectivity index (χ3v) is 3.12. The average Bonchev–Trinajstić information content (AvgIpc) is 2.15. The summed E-state index contributed by atoms with van der Waals surface area (Å²) >= 11 is 0. The zero-order chi connectivity index (χ0) is 9.73. The van der Waals surface area contributed by atoms with Crippen molar-refractivity contribution in [3.63, 3.8) is 0 Å². The lowest BCUT2D eigenvalue weighted by Crippen LogP contribution is -2.50. The second kappa shape index (κ2) is 4.97. The summed E-state index contributed by atoms with van der Waals surface area (Å²) in [5.41, 5.74) is 0.0768. The number of hydrogen-bond donors (Lipinski definition) is 1. The van der Waals surface area contributed by atoms with E-state index in [-0.39, 0.29) is 5.60 Å². The Labute approximate surface area is 82.0 Å². The summed E-state index contributed by atoms with van der Waals surface area (Å²) in [6, 6.07) is 0.479. The number of hydrogen-bond acceptors (Lipinski definition) is 2. The maximum absolute atomic E-state index is 5.86. The van der Waals surface area contributed by atoms with E-state index in [0.717, 1.165) is 13.2 Å². The Morgan fingerprint density at radius 2 is 2.23 bits per heavy atom. The van der Waals surface area contributed by atoms with E-state index in [1.54, 1.807) is 0 Å². The fraction of sp³-hybridized carbons (Fsp3) is 1.00. The van der Waals surface area contributed by atoms with Gasteiger partial charge >= 0.3 is 0 Å². The normalized spacial score (nSPS) is 31.6. The molecule has 2 atom stereocenters. The van der Waals surface area contributed by atoms with Crippen molar-refractivity contribution in [2.75, 3.05) is 13.2 Å². The summed E-state index contributed by atoms with van der Waals surface area (Å²) in [7, 11) is 0. The van der Waals surface area contributed by atoms with E-state index in [2.05, 4.69) is 26.1 Å². The van der Waals surface area contributed by atoms with Gasteiger partial charge in [-0.2, -0.15) is 0 Å². The highest BCUT2D eigenvalue weighted by molar-refractivity contribution is 4.88. The number of rotatable bonds is 4. The van der Waals surface area contributed by atoms with Gasteiger partial charge in [0, 0.05) is 12.6 Å². The van der Waals surface area contributed by atoms with Crippen molar-refractivity contribution in [2.24, 2.45) is 0 Å². The van der Waals surface area contributed by atoms with Gasteiger partial charge in [-0.3, -0.25) is 0 Å². The van der Waals surface area contributed by atoms with Gasteiger partial charge in [0.05, 0.1) is 5.60 Å². The first kappa shape index (κ1) is 11.0. The van der Waals surface area contributed by atoms with Crippen molar-refractivity contribution in [2.45, 2.75) is 58.1 Å². The predicted octanol–water partition coefficient (Wildman–Crippen LogP) is 2.33. The third kappa shape index (κ3) is 2.96. The summed E-state index contributed by atoms with van der Waals surface area (Å²) in [6.07, 6.45) is 4.94. The quantitative estimate of drug-likeness (QED) is 0.726. The molecule has 0 aromatic carbocycles. The van der Waals surface area contributed by atoms with Crippen LogP contribution in [0.4, 0.5) is 0 Å². The molecule has 1 rings (SSSR count). The minimum atomic E-state index is 0.0768. The molecule has 2 heteroatoms. The fourth-order valence-corrected chi connectivity index (χ4v) is 1.87. The molecule has 0 spiro atoms. The minimum absolute atomic E-state index is 0.0768. The highest BCUT2D eigenvalue weighted by atomic mass is 16.5. The number of ether oxygens (including phenoxy) is 1. The Bertz CT molecular complexity index is 141. The van der Waals surface area contributed by atoms with Gasteiger partial charge in [0.25, 0.3) is 0 Å². The van der Waals surface area contributed by atoms with Crippen LogP contribution in [-0.2, 0) is 4.74 Å². The average molecular weight is 185 g/mol. The van der Waals surface area contributed by atoms with Crippen LogP contribution in [-0.4, -0.2) is 24.8 Å². The molecule has 0 aromatic rings. The molecule has 0 radical (unpaired) electrons. The molecule has 0 amide bonds. The molecular formula is C11H23NO. The summed E-state index contributed by atoms with van der Waals surface area (Å²) in [6.45, 7) is 8.71. The first-order valence-corrected chi connectivity index (χ1v) is 5.56. The van der Waals surface area contributed by atoms with Crippen molar-refractivity contribution in [1.82, 2.24) is 5.32 Å². The number of nitrogens with one attached hydrogen (secondary N) is 1. The van der Waals surface area contributed by atoms with Gasteiger partial charge in [0.2, 0.25) is 0 Å². The topological polar surface area (TPSA) is 21.3 Å². The van der Waals surface area contributed by atoms with Crippen LogP contribution < -0.4 is 5.32 Å². The maximum atomic E-state index is 5.86. The van der Waals surface area contributed by atoms with Gasteiger partial charge < -0.3 is 10.1 Å². The van der Waals surface area contributed by atoms with E-state index >= 15 is 0 Å². The van der Waals surface area contributed by atoms with Gasteiger partial charge in [-0.1, -0.05) is 6.92 Å². The molecule has 0 saturated carbocycles. The largest absolute Gasteiger partial charge is 0.374 e. The Kier molecular flexibility index (Phi) is 4.20. The van der Waals surface area contributed by atoms with Crippen molar-refractivity contribution >= 4 is 0 Å². The maximum Gasteiger partial charge on any atom is 0.0804 e. The first-order valence-electron chi connectivity index (χ1n) is 5.56. The van der Waals surface area contributed by atoms with E-state index in [9.17, 15) is 0 Å². The highest BCUT2D eigenvalue weighted by Crippen LogP contribution is 2.27. The first-order chi connectivity index (χ1) is 6.19. The Morgan fingerprint density at radius 1 is 1.46 bits per heavy atom. The molecule has 2 unspecified atom stereocenters. The highest BCUT2D eigenvalue weighted by Gasteiger charge is 2.33. The Balaban J connectivity index is 2.37.